The van der Waals surface area contributed by atoms with Crippen molar-refractivity contribution in [2.45, 2.75) is 39.7 Å². The second-order valence-corrected chi connectivity index (χ2v) is 4.50. The molecule has 0 saturated carbocycles. The van der Waals surface area contributed by atoms with Crippen molar-refractivity contribution in [3.8, 4) is 11.5 Å². The first-order chi connectivity index (χ1) is 9.26. The van der Waals surface area contributed by atoms with E-state index in [9.17, 15) is 0 Å². The number of hydrogen-bond acceptors (Lipinski definition) is 5. The number of aryl methyl sites for hydroxylation is 1. The minimum Gasteiger partial charge on any atom is -0.419 e. The topological polar surface area (TPSA) is 63.8 Å². The van der Waals surface area contributed by atoms with Crippen LogP contribution in [0.25, 0.3) is 11.5 Å². The van der Waals surface area contributed by atoms with E-state index in [4.69, 9.17) is 4.42 Å². The van der Waals surface area contributed by atoms with Crippen LogP contribution in [0.4, 0.5) is 0 Å². The van der Waals surface area contributed by atoms with Gasteiger partial charge in [-0.3, -0.25) is 4.98 Å². The predicted octanol–water partition coefficient (Wildman–Crippen LogP) is 2.89. The number of hydrogen-bond donors (Lipinski definition) is 1. The molecule has 0 radical (unpaired) electrons. The fraction of sp³-hybridized carbons (Fsp3) is 0.500. The molecule has 0 aromatic carbocycles. The summed E-state index contributed by atoms with van der Waals surface area (Å²) in [4.78, 5) is 4.24. The summed E-state index contributed by atoms with van der Waals surface area (Å²) in [7, 11) is 0. The first kappa shape index (κ1) is 13.7. The molecule has 102 valence electrons. The van der Waals surface area contributed by atoms with Crippen LogP contribution in [-0.2, 0) is 0 Å². The predicted molar refractivity (Wildman–Crippen MR) is 73.6 cm³/mol. The molecular formula is C14H20N4O. The van der Waals surface area contributed by atoms with Crippen molar-refractivity contribution >= 4 is 0 Å². The maximum Gasteiger partial charge on any atom is 0.249 e. The van der Waals surface area contributed by atoms with Crippen LogP contribution >= 0.6 is 0 Å². The van der Waals surface area contributed by atoms with Gasteiger partial charge in [-0.25, -0.2) is 0 Å². The molecule has 0 saturated heterocycles. The third-order valence-electron chi connectivity index (χ3n) is 3.03. The number of nitrogens with one attached hydrogen (secondary N) is 1. The summed E-state index contributed by atoms with van der Waals surface area (Å²) >= 11 is 0. The fourth-order valence-corrected chi connectivity index (χ4v) is 1.92. The van der Waals surface area contributed by atoms with Crippen molar-refractivity contribution in [2.24, 2.45) is 0 Å². The number of nitrogens with zero attached hydrogens (tertiary/aromatic N) is 3. The van der Waals surface area contributed by atoms with Crippen molar-refractivity contribution < 1.29 is 4.42 Å². The molecule has 5 nitrogen and oxygen atoms in total. The first-order valence-electron chi connectivity index (χ1n) is 6.75. The van der Waals surface area contributed by atoms with E-state index in [0.717, 1.165) is 30.6 Å². The van der Waals surface area contributed by atoms with Gasteiger partial charge in [0.05, 0.1) is 11.6 Å². The standard InChI is InChI=1S/C14H20N4O/c1-4-8-16-12(5-2)14-18-17-13(19-14)11-7-6-9-15-10(11)3/h6-7,9,12,16H,4-5,8H2,1-3H3. The quantitative estimate of drug-likeness (QED) is 0.865. The Labute approximate surface area is 113 Å². The second kappa shape index (κ2) is 6.43. The Bertz CT molecular complexity index is 524. The summed E-state index contributed by atoms with van der Waals surface area (Å²) in [6.07, 6.45) is 3.76. The Morgan fingerprint density at radius 1 is 1.32 bits per heavy atom. The van der Waals surface area contributed by atoms with Gasteiger partial charge in [-0.15, -0.1) is 10.2 Å². The smallest absolute Gasteiger partial charge is 0.249 e. The average molecular weight is 260 g/mol. The van der Waals surface area contributed by atoms with Crippen molar-refractivity contribution in [1.82, 2.24) is 20.5 Å². The fourth-order valence-electron chi connectivity index (χ4n) is 1.92. The number of pyridine rings is 1. The lowest BCUT2D eigenvalue weighted by molar-refractivity contribution is 0.396. The summed E-state index contributed by atoms with van der Waals surface area (Å²) < 4.78 is 5.78. The van der Waals surface area contributed by atoms with Crippen LogP contribution in [-0.4, -0.2) is 21.7 Å². The Hall–Kier alpha value is -1.75. The van der Waals surface area contributed by atoms with Crippen molar-refractivity contribution in [1.29, 1.82) is 0 Å². The van der Waals surface area contributed by atoms with Gasteiger partial charge in [0.25, 0.3) is 0 Å². The Morgan fingerprint density at radius 3 is 2.84 bits per heavy atom. The number of rotatable bonds is 6. The van der Waals surface area contributed by atoms with E-state index in [1.54, 1.807) is 6.20 Å². The van der Waals surface area contributed by atoms with Gasteiger partial charge in [-0.1, -0.05) is 13.8 Å². The Balaban J connectivity index is 2.21. The zero-order valence-corrected chi connectivity index (χ0v) is 11.7. The largest absolute Gasteiger partial charge is 0.419 e. The molecule has 1 unspecified atom stereocenters. The molecule has 0 fully saturated rings. The molecule has 2 heterocycles. The highest BCUT2D eigenvalue weighted by atomic mass is 16.4. The maximum absolute atomic E-state index is 5.78. The van der Waals surface area contributed by atoms with Gasteiger partial charge in [0, 0.05) is 11.9 Å². The summed E-state index contributed by atoms with van der Waals surface area (Å²) in [5.74, 6) is 1.19. The van der Waals surface area contributed by atoms with Gasteiger partial charge < -0.3 is 9.73 Å². The zero-order valence-electron chi connectivity index (χ0n) is 11.7. The van der Waals surface area contributed by atoms with E-state index in [1.807, 2.05) is 19.1 Å². The van der Waals surface area contributed by atoms with Gasteiger partial charge in [0.1, 0.15) is 0 Å². The van der Waals surface area contributed by atoms with Gasteiger partial charge >= 0.3 is 0 Å². The molecule has 2 aromatic rings. The molecule has 1 atom stereocenters. The highest BCUT2D eigenvalue weighted by Gasteiger charge is 2.17. The minimum atomic E-state index is 0.123. The third kappa shape index (κ3) is 3.17. The molecule has 0 spiro atoms. The molecule has 0 aliphatic rings. The minimum absolute atomic E-state index is 0.123. The molecule has 0 aliphatic heterocycles. The van der Waals surface area contributed by atoms with Gasteiger partial charge in [-0.2, -0.15) is 0 Å². The van der Waals surface area contributed by atoms with Crippen LogP contribution in [0, 0.1) is 6.92 Å². The molecule has 19 heavy (non-hydrogen) atoms. The van der Waals surface area contributed by atoms with Crippen molar-refractivity contribution in [3.63, 3.8) is 0 Å². The third-order valence-corrected chi connectivity index (χ3v) is 3.03. The highest BCUT2D eigenvalue weighted by molar-refractivity contribution is 5.55. The lowest BCUT2D eigenvalue weighted by Gasteiger charge is -2.11. The van der Waals surface area contributed by atoms with E-state index in [2.05, 4.69) is 34.3 Å². The molecule has 0 bridgehead atoms. The molecule has 5 heteroatoms. The monoisotopic (exact) mass is 260 g/mol. The van der Waals surface area contributed by atoms with Gasteiger partial charge in [0.15, 0.2) is 0 Å². The first-order valence-corrected chi connectivity index (χ1v) is 6.75. The highest BCUT2D eigenvalue weighted by Crippen LogP contribution is 2.23. The summed E-state index contributed by atoms with van der Waals surface area (Å²) in [6.45, 7) is 7.12. The van der Waals surface area contributed by atoms with Crippen molar-refractivity contribution in [3.05, 3.63) is 29.9 Å². The van der Waals surface area contributed by atoms with E-state index < -0.39 is 0 Å². The lowest BCUT2D eigenvalue weighted by Crippen LogP contribution is -2.21. The van der Waals surface area contributed by atoms with Crippen LogP contribution in [0.15, 0.2) is 22.7 Å². The number of aromatic nitrogens is 3. The van der Waals surface area contributed by atoms with Crippen LogP contribution in [0.3, 0.4) is 0 Å². The molecule has 1 N–H and O–H groups in total. The van der Waals surface area contributed by atoms with Crippen LogP contribution in [0.5, 0.6) is 0 Å². The van der Waals surface area contributed by atoms with E-state index in [0.29, 0.717) is 11.8 Å². The van der Waals surface area contributed by atoms with Crippen LogP contribution in [0.1, 0.15) is 44.3 Å². The molecule has 2 rings (SSSR count). The Kier molecular flexibility index (Phi) is 4.63. The van der Waals surface area contributed by atoms with E-state index in [1.165, 1.54) is 0 Å². The molecular weight excluding hydrogens is 240 g/mol. The Morgan fingerprint density at radius 2 is 2.16 bits per heavy atom. The van der Waals surface area contributed by atoms with Gasteiger partial charge in [-0.05, 0) is 38.4 Å². The summed E-state index contributed by atoms with van der Waals surface area (Å²) in [5.41, 5.74) is 1.79. The normalized spacial score (nSPS) is 12.6. The SMILES string of the molecule is CCCNC(CC)c1nnc(-c2cccnc2C)o1. The van der Waals surface area contributed by atoms with Crippen LogP contribution < -0.4 is 5.32 Å². The van der Waals surface area contributed by atoms with E-state index in [-0.39, 0.29) is 6.04 Å². The van der Waals surface area contributed by atoms with Gasteiger partial charge in [0.2, 0.25) is 11.8 Å². The second-order valence-electron chi connectivity index (χ2n) is 4.50. The van der Waals surface area contributed by atoms with E-state index >= 15 is 0 Å². The molecule has 2 aromatic heterocycles. The van der Waals surface area contributed by atoms with Crippen LogP contribution in [0.2, 0.25) is 0 Å². The molecule has 0 amide bonds. The zero-order chi connectivity index (χ0) is 13.7. The summed E-state index contributed by atoms with van der Waals surface area (Å²) in [6, 6.07) is 3.94. The van der Waals surface area contributed by atoms with Crippen molar-refractivity contribution in [2.75, 3.05) is 6.54 Å². The average Bonchev–Trinajstić information content (AvgIpc) is 2.90. The lowest BCUT2D eigenvalue weighted by atomic mass is 10.2. The maximum atomic E-state index is 5.78. The molecule has 0 aliphatic carbocycles. The summed E-state index contributed by atoms with van der Waals surface area (Å²) in [5, 5.41) is 11.7.